The fraction of sp³-hybridized carbons (Fsp3) is 0.217. The summed E-state index contributed by atoms with van der Waals surface area (Å²) in [6.45, 7) is 3.57. The van der Waals surface area contributed by atoms with E-state index in [1.54, 1.807) is 41.8 Å². The molecule has 1 aliphatic heterocycles. The zero-order valence-corrected chi connectivity index (χ0v) is 18.9. The third-order valence-corrected chi connectivity index (χ3v) is 8.07. The molecule has 0 saturated carbocycles. The van der Waals surface area contributed by atoms with Crippen molar-refractivity contribution in [3.63, 3.8) is 0 Å². The molecule has 3 aromatic rings. The Labute approximate surface area is 191 Å². The summed E-state index contributed by atoms with van der Waals surface area (Å²) >= 11 is 1.15. The number of nitrogens with one attached hydrogen (secondary N) is 1. The predicted octanol–water partition coefficient (Wildman–Crippen LogP) is 3.38. The smallest absolute Gasteiger partial charge is 0.271 e. The minimum Gasteiger partial charge on any atom is -0.336 e. The summed E-state index contributed by atoms with van der Waals surface area (Å²) in [4.78, 5) is 17.0. The Morgan fingerprint density at radius 1 is 1.00 bits per heavy atom. The number of piperazine rings is 1. The number of benzene rings is 2. The lowest BCUT2D eigenvalue weighted by Crippen LogP contribution is -2.48. The number of thiophene rings is 1. The van der Waals surface area contributed by atoms with Gasteiger partial charge in [0.1, 0.15) is 4.21 Å². The van der Waals surface area contributed by atoms with E-state index in [0.717, 1.165) is 36.5 Å². The highest BCUT2D eigenvalue weighted by molar-refractivity contribution is 7.94. The maximum absolute atomic E-state index is 12.9. The Bertz CT molecular complexity index is 1210. The summed E-state index contributed by atoms with van der Waals surface area (Å²) in [6.07, 6.45) is 0. The number of anilines is 1. The van der Waals surface area contributed by atoms with Crippen molar-refractivity contribution >= 4 is 33.0 Å². The van der Waals surface area contributed by atoms with Crippen LogP contribution in [-0.4, -0.2) is 50.3 Å². The van der Waals surface area contributed by atoms with E-state index in [1.807, 2.05) is 29.2 Å². The minimum absolute atomic E-state index is 0.0595. The van der Waals surface area contributed by atoms with E-state index in [4.69, 9.17) is 5.26 Å². The van der Waals surface area contributed by atoms with Gasteiger partial charge in [0.15, 0.2) is 0 Å². The third kappa shape index (κ3) is 5.16. The average molecular weight is 467 g/mol. The second-order valence-corrected chi connectivity index (χ2v) is 10.3. The first-order valence-corrected chi connectivity index (χ1v) is 12.5. The fourth-order valence-electron chi connectivity index (χ4n) is 3.54. The molecule has 7 nitrogen and oxygen atoms in total. The Kier molecular flexibility index (Phi) is 6.55. The minimum atomic E-state index is -3.61. The second-order valence-electron chi connectivity index (χ2n) is 7.49. The zero-order valence-electron chi connectivity index (χ0n) is 17.3. The summed E-state index contributed by atoms with van der Waals surface area (Å²) in [5.74, 6) is -0.0595. The lowest BCUT2D eigenvalue weighted by Gasteiger charge is -2.34. The number of hydrogen-bond acceptors (Lipinski definition) is 6. The molecule has 0 aliphatic carbocycles. The van der Waals surface area contributed by atoms with Gasteiger partial charge < -0.3 is 4.90 Å². The Morgan fingerprint density at radius 2 is 1.69 bits per heavy atom. The van der Waals surface area contributed by atoms with E-state index < -0.39 is 10.0 Å². The maximum Gasteiger partial charge on any atom is 0.271 e. The largest absolute Gasteiger partial charge is 0.336 e. The van der Waals surface area contributed by atoms with Gasteiger partial charge >= 0.3 is 0 Å². The Morgan fingerprint density at radius 3 is 2.28 bits per heavy atom. The van der Waals surface area contributed by atoms with Crippen molar-refractivity contribution in [1.29, 1.82) is 5.26 Å². The molecule has 0 radical (unpaired) electrons. The van der Waals surface area contributed by atoms with Crippen molar-refractivity contribution in [2.75, 3.05) is 30.9 Å². The van der Waals surface area contributed by atoms with Crippen LogP contribution < -0.4 is 4.72 Å². The summed E-state index contributed by atoms with van der Waals surface area (Å²) in [7, 11) is -3.61. The van der Waals surface area contributed by atoms with E-state index in [1.165, 1.54) is 0 Å². The van der Waals surface area contributed by atoms with Crippen LogP contribution in [0.1, 0.15) is 21.5 Å². The zero-order chi connectivity index (χ0) is 22.6. The number of nitriles is 1. The number of sulfonamides is 1. The SMILES string of the molecule is N#Cc1ccc(CN2CCN(C(=O)c3ccc(NS(=O)(=O)c4cccs4)cc3)CC2)cc1. The van der Waals surface area contributed by atoms with Crippen molar-refractivity contribution in [2.24, 2.45) is 0 Å². The molecule has 2 aromatic carbocycles. The van der Waals surface area contributed by atoms with Crippen molar-refractivity contribution in [3.05, 3.63) is 82.7 Å². The molecule has 0 atom stereocenters. The quantitative estimate of drug-likeness (QED) is 0.601. The monoisotopic (exact) mass is 466 g/mol. The summed E-state index contributed by atoms with van der Waals surface area (Å²) in [5, 5.41) is 10.6. The fourth-order valence-corrected chi connectivity index (χ4v) is 5.59. The Balaban J connectivity index is 1.31. The molecule has 1 aromatic heterocycles. The molecule has 0 bridgehead atoms. The standard InChI is InChI=1S/C23H22N4O3S2/c24-16-18-3-5-19(6-4-18)17-26-11-13-27(14-12-26)23(28)20-7-9-21(10-8-20)25-32(29,30)22-2-1-15-31-22/h1-10,15,25H,11-14,17H2. The molecule has 0 spiro atoms. The van der Waals surface area contributed by atoms with Crippen molar-refractivity contribution < 1.29 is 13.2 Å². The van der Waals surface area contributed by atoms with Crippen LogP contribution in [0, 0.1) is 11.3 Å². The molecule has 164 valence electrons. The number of amides is 1. The first-order chi connectivity index (χ1) is 15.4. The molecule has 32 heavy (non-hydrogen) atoms. The molecule has 9 heteroatoms. The van der Waals surface area contributed by atoms with E-state index >= 15 is 0 Å². The van der Waals surface area contributed by atoms with Crippen LogP contribution >= 0.6 is 11.3 Å². The van der Waals surface area contributed by atoms with Crippen LogP contribution in [-0.2, 0) is 16.6 Å². The molecule has 1 amide bonds. The number of nitrogens with zero attached hydrogens (tertiary/aromatic N) is 3. The highest BCUT2D eigenvalue weighted by atomic mass is 32.2. The highest BCUT2D eigenvalue weighted by Crippen LogP contribution is 2.21. The normalized spacial score (nSPS) is 14.7. The van der Waals surface area contributed by atoms with Gasteiger partial charge in [-0.15, -0.1) is 11.3 Å². The summed E-state index contributed by atoms with van der Waals surface area (Å²) < 4.78 is 27.4. The van der Waals surface area contributed by atoms with Gasteiger partial charge in [-0.05, 0) is 53.4 Å². The number of hydrogen-bond donors (Lipinski definition) is 1. The second kappa shape index (κ2) is 9.53. The van der Waals surface area contributed by atoms with Gasteiger partial charge in [0.25, 0.3) is 15.9 Å². The van der Waals surface area contributed by atoms with Gasteiger partial charge in [-0.3, -0.25) is 14.4 Å². The molecular formula is C23H22N4O3S2. The molecule has 0 unspecified atom stereocenters. The molecule has 4 rings (SSSR count). The van der Waals surface area contributed by atoms with Gasteiger partial charge in [0.05, 0.1) is 11.6 Å². The van der Waals surface area contributed by atoms with E-state index in [9.17, 15) is 13.2 Å². The van der Waals surface area contributed by atoms with Crippen LogP contribution in [0.5, 0.6) is 0 Å². The van der Waals surface area contributed by atoms with Gasteiger partial charge in [-0.2, -0.15) is 5.26 Å². The first-order valence-electron chi connectivity index (χ1n) is 10.1. The third-order valence-electron chi connectivity index (χ3n) is 5.29. The van der Waals surface area contributed by atoms with E-state index in [-0.39, 0.29) is 10.1 Å². The lowest BCUT2D eigenvalue weighted by molar-refractivity contribution is 0.0628. The van der Waals surface area contributed by atoms with Crippen molar-refractivity contribution in [3.8, 4) is 6.07 Å². The van der Waals surface area contributed by atoms with Crippen molar-refractivity contribution in [1.82, 2.24) is 9.80 Å². The lowest BCUT2D eigenvalue weighted by atomic mass is 10.1. The van der Waals surface area contributed by atoms with E-state index in [2.05, 4.69) is 15.7 Å². The average Bonchev–Trinajstić information content (AvgIpc) is 3.36. The summed E-state index contributed by atoms with van der Waals surface area (Å²) in [6, 6.07) is 19.4. The van der Waals surface area contributed by atoms with Crippen LogP contribution in [0.3, 0.4) is 0 Å². The topological polar surface area (TPSA) is 93.5 Å². The molecule has 1 N–H and O–H groups in total. The van der Waals surface area contributed by atoms with Crippen LogP contribution in [0.2, 0.25) is 0 Å². The highest BCUT2D eigenvalue weighted by Gasteiger charge is 2.22. The Hall–Kier alpha value is -3.19. The maximum atomic E-state index is 12.9. The van der Waals surface area contributed by atoms with Gasteiger partial charge in [-0.1, -0.05) is 18.2 Å². The summed E-state index contributed by atoms with van der Waals surface area (Å²) in [5.41, 5.74) is 2.74. The number of rotatable bonds is 6. The van der Waals surface area contributed by atoms with E-state index in [0.29, 0.717) is 29.9 Å². The van der Waals surface area contributed by atoms with Crippen LogP contribution in [0.4, 0.5) is 5.69 Å². The van der Waals surface area contributed by atoms with Crippen LogP contribution in [0.25, 0.3) is 0 Å². The predicted molar refractivity (Wildman–Crippen MR) is 124 cm³/mol. The molecule has 1 fully saturated rings. The molecule has 1 aliphatic rings. The molecular weight excluding hydrogens is 444 g/mol. The van der Waals surface area contributed by atoms with Gasteiger partial charge in [0.2, 0.25) is 0 Å². The number of carbonyl (C=O) groups is 1. The van der Waals surface area contributed by atoms with Gasteiger partial charge in [-0.25, -0.2) is 8.42 Å². The number of carbonyl (C=O) groups excluding carboxylic acids is 1. The first kappa shape index (κ1) is 22.0. The van der Waals surface area contributed by atoms with Crippen LogP contribution in [0.15, 0.2) is 70.3 Å². The van der Waals surface area contributed by atoms with Crippen molar-refractivity contribution in [2.45, 2.75) is 10.8 Å². The molecule has 1 saturated heterocycles. The van der Waals surface area contributed by atoms with Gasteiger partial charge in [0, 0.05) is 44.0 Å². The molecule has 2 heterocycles.